The fourth-order valence-corrected chi connectivity index (χ4v) is 2.92. The van der Waals surface area contributed by atoms with E-state index in [0.717, 1.165) is 23.5 Å². The Morgan fingerprint density at radius 2 is 2.05 bits per heavy atom. The molecule has 2 aliphatic rings. The van der Waals surface area contributed by atoms with Crippen molar-refractivity contribution in [2.24, 2.45) is 5.92 Å². The van der Waals surface area contributed by atoms with Gasteiger partial charge in [-0.15, -0.1) is 0 Å². The zero-order valence-electron chi connectivity index (χ0n) is 11.3. The van der Waals surface area contributed by atoms with Crippen LogP contribution in [0.1, 0.15) is 31.2 Å². The van der Waals surface area contributed by atoms with Crippen molar-refractivity contribution < 1.29 is 0 Å². The van der Waals surface area contributed by atoms with Crippen LogP contribution in [0.2, 0.25) is 5.02 Å². The highest BCUT2D eigenvalue weighted by molar-refractivity contribution is 6.31. The summed E-state index contributed by atoms with van der Waals surface area (Å²) in [5.74, 6) is 0.866. The number of aromatic nitrogens is 1. The Morgan fingerprint density at radius 1 is 1.26 bits per heavy atom. The zero-order valence-corrected chi connectivity index (χ0v) is 12.1. The SMILES string of the molecule is Clc1cnccc1CN1CCC(CNC2CC2)CC1. The maximum atomic E-state index is 6.16. The van der Waals surface area contributed by atoms with Crippen LogP contribution in [0.4, 0.5) is 0 Å². The third-order valence-corrected chi connectivity index (χ3v) is 4.57. The predicted molar refractivity (Wildman–Crippen MR) is 78.3 cm³/mol. The minimum atomic E-state index is 0.792. The number of hydrogen-bond acceptors (Lipinski definition) is 3. The smallest absolute Gasteiger partial charge is 0.0634 e. The zero-order chi connectivity index (χ0) is 13.1. The Balaban J connectivity index is 1.43. The van der Waals surface area contributed by atoms with Gasteiger partial charge in [0.1, 0.15) is 0 Å². The summed E-state index contributed by atoms with van der Waals surface area (Å²) >= 11 is 6.16. The van der Waals surface area contributed by atoms with Crippen LogP contribution in [0, 0.1) is 5.92 Å². The van der Waals surface area contributed by atoms with E-state index in [1.165, 1.54) is 50.9 Å². The summed E-state index contributed by atoms with van der Waals surface area (Å²) in [4.78, 5) is 6.55. The number of halogens is 1. The lowest BCUT2D eigenvalue weighted by molar-refractivity contribution is 0.175. The van der Waals surface area contributed by atoms with Gasteiger partial charge in [0.05, 0.1) is 5.02 Å². The Kier molecular flexibility index (Phi) is 4.36. The summed E-state index contributed by atoms with van der Waals surface area (Å²) in [6.07, 6.45) is 8.96. The van der Waals surface area contributed by atoms with Crippen molar-refractivity contribution in [3.8, 4) is 0 Å². The fraction of sp³-hybridized carbons (Fsp3) is 0.667. The van der Waals surface area contributed by atoms with E-state index in [-0.39, 0.29) is 0 Å². The molecule has 0 atom stereocenters. The molecule has 3 nitrogen and oxygen atoms in total. The molecule has 0 aromatic carbocycles. The summed E-state index contributed by atoms with van der Waals surface area (Å²) in [7, 11) is 0. The average Bonchev–Trinajstić information content (AvgIpc) is 3.25. The van der Waals surface area contributed by atoms with E-state index in [4.69, 9.17) is 11.6 Å². The molecule has 1 saturated carbocycles. The van der Waals surface area contributed by atoms with E-state index in [1.54, 1.807) is 6.20 Å². The van der Waals surface area contributed by atoms with Crippen molar-refractivity contribution in [2.45, 2.75) is 38.3 Å². The molecule has 0 radical (unpaired) electrons. The van der Waals surface area contributed by atoms with E-state index in [2.05, 4.69) is 15.2 Å². The van der Waals surface area contributed by atoms with E-state index in [9.17, 15) is 0 Å². The van der Waals surface area contributed by atoms with Gasteiger partial charge in [0.2, 0.25) is 0 Å². The molecule has 1 aromatic rings. The van der Waals surface area contributed by atoms with Crippen molar-refractivity contribution in [2.75, 3.05) is 19.6 Å². The standard InChI is InChI=1S/C15H22ClN3/c16-15-10-17-6-3-13(15)11-19-7-4-12(5-8-19)9-18-14-1-2-14/h3,6,10,12,14,18H,1-2,4-5,7-9,11H2. The Hall–Kier alpha value is -0.640. The highest BCUT2D eigenvalue weighted by Crippen LogP contribution is 2.23. The number of piperidine rings is 1. The molecule has 104 valence electrons. The van der Waals surface area contributed by atoms with Crippen LogP contribution in [-0.2, 0) is 6.54 Å². The molecular weight excluding hydrogens is 258 g/mol. The average molecular weight is 280 g/mol. The lowest BCUT2D eigenvalue weighted by atomic mass is 9.96. The predicted octanol–water partition coefficient (Wildman–Crippen LogP) is 2.70. The minimum Gasteiger partial charge on any atom is -0.314 e. The number of nitrogens with zero attached hydrogens (tertiary/aromatic N) is 2. The molecule has 3 rings (SSSR count). The molecule has 0 unspecified atom stereocenters. The van der Waals surface area contributed by atoms with Gasteiger partial charge in [0, 0.05) is 25.0 Å². The summed E-state index contributed by atoms with van der Waals surface area (Å²) in [5.41, 5.74) is 1.20. The minimum absolute atomic E-state index is 0.792. The van der Waals surface area contributed by atoms with Gasteiger partial charge in [0.15, 0.2) is 0 Å². The summed E-state index contributed by atoms with van der Waals surface area (Å²) in [5, 5.41) is 4.44. The molecule has 0 spiro atoms. The topological polar surface area (TPSA) is 28.2 Å². The molecule has 0 amide bonds. The molecule has 2 heterocycles. The van der Waals surface area contributed by atoms with Gasteiger partial charge in [-0.25, -0.2) is 0 Å². The first-order valence-corrected chi connectivity index (χ1v) is 7.73. The van der Waals surface area contributed by atoms with Crippen LogP contribution in [0.3, 0.4) is 0 Å². The monoisotopic (exact) mass is 279 g/mol. The van der Waals surface area contributed by atoms with Crippen molar-refractivity contribution in [1.82, 2.24) is 15.2 Å². The number of pyridine rings is 1. The summed E-state index contributed by atoms with van der Waals surface area (Å²) in [6.45, 7) is 4.56. The van der Waals surface area contributed by atoms with Crippen molar-refractivity contribution in [3.05, 3.63) is 29.0 Å². The third-order valence-electron chi connectivity index (χ3n) is 4.23. The summed E-state index contributed by atoms with van der Waals surface area (Å²) in [6, 6.07) is 2.87. The van der Waals surface area contributed by atoms with Crippen molar-refractivity contribution in [3.63, 3.8) is 0 Å². The summed E-state index contributed by atoms with van der Waals surface area (Å²) < 4.78 is 0. The van der Waals surface area contributed by atoms with Gasteiger partial charge >= 0.3 is 0 Å². The van der Waals surface area contributed by atoms with Crippen molar-refractivity contribution >= 4 is 11.6 Å². The molecule has 19 heavy (non-hydrogen) atoms. The van der Waals surface area contributed by atoms with E-state index >= 15 is 0 Å². The molecule has 1 N–H and O–H groups in total. The van der Waals surface area contributed by atoms with E-state index < -0.39 is 0 Å². The normalized spacial score (nSPS) is 21.7. The lowest BCUT2D eigenvalue weighted by Gasteiger charge is -2.32. The highest BCUT2D eigenvalue weighted by Gasteiger charge is 2.24. The van der Waals surface area contributed by atoms with Crippen LogP contribution in [-0.4, -0.2) is 35.6 Å². The van der Waals surface area contributed by atoms with E-state index in [0.29, 0.717) is 0 Å². The second-order valence-corrected chi connectivity index (χ2v) is 6.28. The lowest BCUT2D eigenvalue weighted by Crippen LogP contribution is -2.37. The highest BCUT2D eigenvalue weighted by atomic mass is 35.5. The third kappa shape index (κ3) is 3.91. The Morgan fingerprint density at radius 3 is 2.74 bits per heavy atom. The van der Waals surface area contributed by atoms with Gasteiger partial charge < -0.3 is 5.32 Å². The number of nitrogens with one attached hydrogen (secondary N) is 1. The first kappa shape index (κ1) is 13.3. The molecule has 4 heteroatoms. The maximum Gasteiger partial charge on any atom is 0.0634 e. The molecule has 1 saturated heterocycles. The van der Waals surface area contributed by atoms with Crippen LogP contribution in [0.5, 0.6) is 0 Å². The van der Waals surface area contributed by atoms with E-state index in [1.807, 2.05) is 12.3 Å². The largest absolute Gasteiger partial charge is 0.314 e. The Bertz CT molecular complexity index is 412. The molecule has 1 aliphatic heterocycles. The molecule has 2 fully saturated rings. The Labute approximate surface area is 120 Å². The number of hydrogen-bond donors (Lipinski definition) is 1. The van der Waals surface area contributed by atoms with Crippen LogP contribution in [0.15, 0.2) is 18.5 Å². The molecular formula is C15H22ClN3. The van der Waals surface area contributed by atoms with Crippen LogP contribution >= 0.6 is 11.6 Å². The second-order valence-electron chi connectivity index (χ2n) is 5.87. The van der Waals surface area contributed by atoms with Crippen molar-refractivity contribution in [1.29, 1.82) is 0 Å². The first-order chi connectivity index (χ1) is 9.31. The fourth-order valence-electron chi connectivity index (χ4n) is 2.74. The molecule has 0 bridgehead atoms. The number of rotatable bonds is 5. The van der Waals surface area contributed by atoms with Crippen LogP contribution < -0.4 is 5.32 Å². The first-order valence-electron chi connectivity index (χ1n) is 7.35. The van der Waals surface area contributed by atoms with Gasteiger partial charge in [-0.3, -0.25) is 9.88 Å². The quantitative estimate of drug-likeness (QED) is 0.898. The van der Waals surface area contributed by atoms with Crippen LogP contribution in [0.25, 0.3) is 0 Å². The molecule has 1 aromatic heterocycles. The van der Waals surface area contributed by atoms with Gasteiger partial charge in [0.25, 0.3) is 0 Å². The number of likely N-dealkylation sites (tertiary alicyclic amines) is 1. The maximum absolute atomic E-state index is 6.16. The van der Waals surface area contributed by atoms with Gasteiger partial charge in [-0.05, 0) is 62.9 Å². The van der Waals surface area contributed by atoms with Gasteiger partial charge in [-0.1, -0.05) is 11.6 Å². The van der Waals surface area contributed by atoms with Gasteiger partial charge in [-0.2, -0.15) is 0 Å². The second kappa shape index (κ2) is 6.21. The molecule has 1 aliphatic carbocycles.